The van der Waals surface area contributed by atoms with Crippen LogP contribution in [0, 0.1) is 0 Å². The number of anilines is 3. The van der Waals surface area contributed by atoms with Crippen molar-refractivity contribution in [1.82, 2.24) is 0 Å². The Labute approximate surface area is 279 Å². The normalized spacial score (nSPS) is 11.3. The van der Waals surface area contributed by atoms with E-state index in [-0.39, 0.29) is 0 Å². The first-order valence-electron chi connectivity index (χ1n) is 16.3. The van der Waals surface area contributed by atoms with Crippen molar-refractivity contribution in [1.29, 1.82) is 0 Å². The average Bonchev–Trinajstić information content (AvgIpc) is 3.60. The van der Waals surface area contributed by atoms with Crippen LogP contribution in [-0.4, -0.2) is 0 Å². The lowest BCUT2D eigenvalue weighted by Gasteiger charge is -2.26. The molecule has 226 valence electrons. The first-order chi connectivity index (χ1) is 23.7. The van der Waals surface area contributed by atoms with Crippen LogP contribution in [0.4, 0.5) is 17.1 Å². The van der Waals surface area contributed by atoms with Crippen molar-refractivity contribution in [3.8, 4) is 33.6 Å². The monoisotopic (exact) mass is 613 g/mol. The molecule has 2 heteroatoms. The average molecular weight is 614 g/mol. The molecule has 1 aromatic heterocycles. The summed E-state index contributed by atoms with van der Waals surface area (Å²) >= 11 is 0. The zero-order chi connectivity index (χ0) is 31.9. The highest BCUT2D eigenvalue weighted by Gasteiger charge is 2.14. The molecule has 0 amide bonds. The Morgan fingerprint density at radius 2 is 0.771 bits per heavy atom. The van der Waals surface area contributed by atoms with E-state index in [4.69, 9.17) is 4.42 Å². The summed E-state index contributed by atoms with van der Waals surface area (Å²) in [5, 5.41) is 6.03. The molecule has 9 rings (SSSR count). The third-order valence-corrected chi connectivity index (χ3v) is 9.23. The lowest BCUT2D eigenvalue weighted by Crippen LogP contribution is -2.09. The second-order valence-electron chi connectivity index (χ2n) is 12.3. The van der Waals surface area contributed by atoms with E-state index in [1.807, 2.05) is 18.2 Å². The molecule has 9 aromatic rings. The number of hydrogen-bond acceptors (Lipinski definition) is 2. The molecule has 0 bridgehead atoms. The zero-order valence-electron chi connectivity index (χ0n) is 26.3. The molecule has 0 atom stereocenters. The van der Waals surface area contributed by atoms with E-state index >= 15 is 0 Å². The highest BCUT2D eigenvalue weighted by Crippen LogP contribution is 2.39. The molecule has 0 N–H and O–H groups in total. The van der Waals surface area contributed by atoms with Gasteiger partial charge in [0.05, 0.1) is 0 Å². The van der Waals surface area contributed by atoms with Gasteiger partial charge in [0, 0.05) is 28.0 Å². The first-order valence-corrected chi connectivity index (χ1v) is 16.3. The molecule has 8 aromatic carbocycles. The van der Waals surface area contributed by atoms with Gasteiger partial charge in [-0.25, -0.2) is 0 Å². The quantitative estimate of drug-likeness (QED) is 0.185. The largest absolute Gasteiger partial charge is 0.456 e. The highest BCUT2D eigenvalue weighted by molar-refractivity contribution is 5.93. The molecular formula is C46H31NO. The number of hydrogen-bond donors (Lipinski definition) is 0. The molecule has 1 heterocycles. The number of furan rings is 1. The third-order valence-electron chi connectivity index (χ3n) is 9.23. The molecule has 0 aliphatic rings. The molecule has 0 radical (unpaired) electrons. The minimum absolute atomic E-state index is 0.885. The van der Waals surface area contributed by atoms with E-state index in [0.717, 1.165) is 44.9 Å². The summed E-state index contributed by atoms with van der Waals surface area (Å²) in [7, 11) is 0. The predicted molar refractivity (Wildman–Crippen MR) is 202 cm³/mol. The number of fused-ring (bicyclic) bond motifs is 3. The van der Waals surface area contributed by atoms with E-state index < -0.39 is 0 Å². The summed E-state index contributed by atoms with van der Waals surface area (Å²) in [6.07, 6.45) is 0. The Bertz CT molecular complexity index is 2450. The highest BCUT2D eigenvalue weighted by atomic mass is 16.3. The van der Waals surface area contributed by atoms with Crippen LogP contribution in [0.15, 0.2) is 192 Å². The molecule has 48 heavy (non-hydrogen) atoms. The van der Waals surface area contributed by atoms with Gasteiger partial charge in [-0.1, -0.05) is 133 Å². The van der Waals surface area contributed by atoms with Gasteiger partial charge in [-0.15, -0.1) is 0 Å². The maximum absolute atomic E-state index is 6.14. The number of benzene rings is 8. The van der Waals surface area contributed by atoms with Gasteiger partial charge in [-0.2, -0.15) is 0 Å². The zero-order valence-corrected chi connectivity index (χ0v) is 26.3. The Morgan fingerprint density at radius 1 is 0.292 bits per heavy atom. The summed E-state index contributed by atoms with van der Waals surface area (Å²) in [5.74, 6) is 0.885. The summed E-state index contributed by atoms with van der Waals surface area (Å²) in [6.45, 7) is 0. The van der Waals surface area contributed by atoms with Crippen molar-refractivity contribution >= 4 is 49.6 Å². The van der Waals surface area contributed by atoms with Gasteiger partial charge in [0.15, 0.2) is 0 Å². The number of nitrogens with zero attached hydrogens (tertiary/aromatic N) is 1. The Morgan fingerprint density at radius 3 is 1.38 bits per heavy atom. The maximum atomic E-state index is 6.14. The SMILES string of the molecule is c1cc(-c2ccc(-c3ccc(N(c4ccc5ccccc5c4)c4ccc5ccccc5c4)cc3)cc2)cc(-c2cc3ccccc3o2)c1. The van der Waals surface area contributed by atoms with Crippen LogP contribution in [0.25, 0.3) is 66.1 Å². The van der Waals surface area contributed by atoms with E-state index in [1.54, 1.807) is 0 Å². The van der Waals surface area contributed by atoms with Crippen molar-refractivity contribution in [2.45, 2.75) is 0 Å². The maximum Gasteiger partial charge on any atom is 0.135 e. The van der Waals surface area contributed by atoms with E-state index in [1.165, 1.54) is 38.2 Å². The summed E-state index contributed by atoms with van der Waals surface area (Å²) in [5.41, 5.74) is 10.1. The second-order valence-corrected chi connectivity index (χ2v) is 12.3. The van der Waals surface area contributed by atoms with Crippen LogP contribution in [0.1, 0.15) is 0 Å². The van der Waals surface area contributed by atoms with E-state index in [9.17, 15) is 0 Å². The van der Waals surface area contributed by atoms with Crippen LogP contribution in [0.5, 0.6) is 0 Å². The number of rotatable bonds is 6. The van der Waals surface area contributed by atoms with Crippen LogP contribution >= 0.6 is 0 Å². The fraction of sp³-hybridized carbons (Fsp3) is 0. The van der Waals surface area contributed by atoms with Crippen LogP contribution in [-0.2, 0) is 0 Å². The molecular weight excluding hydrogens is 583 g/mol. The van der Waals surface area contributed by atoms with Crippen molar-refractivity contribution in [2.24, 2.45) is 0 Å². The van der Waals surface area contributed by atoms with Gasteiger partial charge in [0.1, 0.15) is 11.3 Å². The molecule has 0 spiro atoms. The molecule has 0 fully saturated rings. The Balaban J connectivity index is 1.03. The van der Waals surface area contributed by atoms with Gasteiger partial charge < -0.3 is 9.32 Å². The summed E-state index contributed by atoms with van der Waals surface area (Å²) in [6, 6.07) is 67.0. The van der Waals surface area contributed by atoms with Crippen LogP contribution in [0.2, 0.25) is 0 Å². The fourth-order valence-corrected chi connectivity index (χ4v) is 6.71. The third kappa shape index (κ3) is 5.20. The summed E-state index contributed by atoms with van der Waals surface area (Å²) in [4.78, 5) is 2.35. The molecule has 0 unspecified atom stereocenters. The van der Waals surface area contributed by atoms with Gasteiger partial charge in [0.25, 0.3) is 0 Å². The van der Waals surface area contributed by atoms with Crippen LogP contribution < -0.4 is 4.90 Å². The molecule has 2 nitrogen and oxygen atoms in total. The Hall–Kier alpha value is -6.38. The number of para-hydroxylation sites is 1. The van der Waals surface area contributed by atoms with Gasteiger partial charge in [-0.05, 0) is 98.4 Å². The van der Waals surface area contributed by atoms with Crippen LogP contribution in [0.3, 0.4) is 0 Å². The van der Waals surface area contributed by atoms with Crippen molar-refractivity contribution < 1.29 is 4.42 Å². The lowest BCUT2D eigenvalue weighted by molar-refractivity contribution is 0.631. The molecule has 0 saturated heterocycles. The van der Waals surface area contributed by atoms with Crippen molar-refractivity contribution in [2.75, 3.05) is 4.90 Å². The lowest BCUT2D eigenvalue weighted by atomic mass is 9.98. The Kier molecular flexibility index (Phi) is 6.84. The second kappa shape index (κ2) is 11.8. The standard InChI is InChI=1S/C46H31NO/c1-3-10-38-29-43(26-22-32(38)8-1)47(44-27-23-33-9-2-4-11-39(33)30-44)42-24-20-35(21-25-42)34-16-18-36(19-17-34)37-13-7-14-40(28-37)46-31-41-12-5-6-15-45(41)48-46/h1-31H. The van der Waals surface area contributed by atoms with E-state index in [0.29, 0.717) is 0 Å². The predicted octanol–water partition coefficient (Wildman–Crippen LogP) is 13.2. The minimum atomic E-state index is 0.885. The van der Waals surface area contributed by atoms with Crippen molar-refractivity contribution in [3.05, 3.63) is 188 Å². The fourth-order valence-electron chi connectivity index (χ4n) is 6.71. The molecule has 0 aliphatic carbocycles. The van der Waals surface area contributed by atoms with Gasteiger partial charge in [-0.3, -0.25) is 0 Å². The molecule has 0 saturated carbocycles. The minimum Gasteiger partial charge on any atom is -0.456 e. The van der Waals surface area contributed by atoms with Gasteiger partial charge >= 0.3 is 0 Å². The summed E-state index contributed by atoms with van der Waals surface area (Å²) < 4.78 is 6.14. The molecule has 0 aliphatic heterocycles. The smallest absolute Gasteiger partial charge is 0.135 e. The van der Waals surface area contributed by atoms with Crippen molar-refractivity contribution in [3.63, 3.8) is 0 Å². The van der Waals surface area contributed by atoms with E-state index in [2.05, 4.69) is 175 Å². The topological polar surface area (TPSA) is 16.4 Å². The first kappa shape index (κ1) is 27.9. The van der Waals surface area contributed by atoms with Gasteiger partial charge in [0.2, 0.25) is 0 Å².